The molecule has 0 aliphatic carbocycles. The second kappa shape index (κ2) is 6.50. The van der Waals surface area contributed by atoms with Crippen LogP contribution in [-0.4, -0.2) is 24.2 Å². The van der Waals surface area contributed by atoms with Gasteiger partial charge in [0.25, 0.3) is 10.1 Å². The van der Waals surface area contributed by atoms with Crippen molar-refractivity contribution in [1.29, 1.82) is 0 Å². The molecule has 4 nitrogen and oxygen atoms in total. The number of hydrogen-bond acceptors (Lipinski definition) is 3. The lowest BCUT2D eigenvalue weighted by atomic mass is 10.2. The van der Waals surface area contributed by atoms with E-state index in [9.17, 15) is 8.42 Å². The molecule has 5 heteroatoms. The van der Waals surface area contributed by atoms with Gasteiger partial charge in [-0.05, 0) is 24.1 Å². The normalized spacial score (nSPS) is 10.2. The van der Waals surface area contributed by atoms with E-state index in [4.69, 9.17) is 4.55 Å². The van der Waals surface area contributed by atoms with E-state index in [0.717, 1.165) is 0 Å². The van der Waals surface area contributed by atoms with Gasteiger partial charge in [0.1, 0.15) is 0 Å². The van der Waals surface area contributed by atoms with Crippen molar-refractivity contribution >= 4 is 10.1 Å². The van der Waals surface area contributed by atoms with Gasteiger partial charge in [-0.3, -0.25) is 9.54 Å². The van der Waals surface area contributed by atoms with Crippen molar-refractivity contribution in [2.75, 3.05) is 6.26 Å². The Morgan fingerprint density at radius 1 is 1.36 bits per heavy atom. The molecule has 0 radical (unpaired) electrons. The van der Waals surface area contributed by atoms with Crippen LogP contribution in [-0.2, 0) is 16.5 Å². The molecule has 0 aromatic carbocycles. The predicted molar refractivity (Wildman–Crippen MR) is 55.7 cm³/mol. The standard InChI is InChI=1S/C8H11N.CH4O3S/c1-2-3-8-4-6-9-7-5-8;1-5(2,3)4/h4-7H,2-3H2,1H3;1H3,(H,2,3,4). The lowest BCUT2D eigenvalue weighted by Crippen LogP contribution is -1.88. The van der Waals surface area contributed by atoms with E-state index in [0.29, 0.717) is 6.26 Å². The number of hydrogen-bond donors (Lipinski definition) is 1. The van der Waals surface area contributed by atoms with Gasteiger partial charge < -0.3 is 0 Å². The topological polar surface area (TPSA) is 67.3 Å². The van der Waals surface area contributed by atoms with Gasteiger partial charge in [0, 0.05) is 12.4 Å². The van der Waals surface area contributed by atoms with E-state index in [2.05, 4.69) is 24.0 Å². The molecule has 0 fully saturated rings. The van der Waals surface area contributed by atoms with Gasteiger partial charge in [-0.2, -0.15) is 8.42 Å². The van der Waals surface area contributed by atoms with Crippen LogP contribution in [0.3, 0.4) is 0 Å². The second-order valence-corrected chi connectivity index (χ2v) is 4.30. The third-order valence-corrected chi connectivity index (χ3v) is 1.29. The minimum absolute atomic E-state index is 0.715. The van der Waals surface area contributed by atoms with Crippen LogP contribution < -0.4 is 0 Å². The van der Waals surface area contributed by atoms with E-state index in [-0.39, 0.29) is 0 Å². The van der Waals surface area contributed by atoms with Crippen LogP contribution in [0, 0.1) is 0 Å². The van der Waals surface area contributed by atoms with Crippen LogP contribution in [0.1, 0.15) is 18.9 Å². The third-order valence-electron chi connectivity index (χ3n) is 1.29. The molecular weight excluding hydrogens is 202 g/mol. The minimum Gasteiger partial charge on any atom is -0.286 e. The van der Waals surface area contributed by atoms with Gasteiger partial charge in [0.05, 0.1) is 6.26 Å². The fourth-order valence-electron chi connectivity index (χ4n) is 0.838. The molecule has 0 aliphatic heterocycles. The van der Waals surface area contributed by atoms with E-state index >= 15 is 0 Å². The summed E-state index contributed by atoms with van der Waals surface area (Å²) in [5.74, 6) is 0. The Labute approximate surface area is 84.7 Å². The van der Waals surface area contributed by atoms with Gasteiger partial charge in [-0.25, -0.2) is 0 Å². The highest BCUT2D eigenvalue weighted by atomic mass is 32.2. The summed E-state index contributed by atoms with van der Waals surface area (Å²) < 4.78 is 25.9. The molecule has 0 saturated heterocycles. The number of nitrogens with zero attached hydrogens (tertiary/aromatic N) is 1. The van der Waals surface area contributed by atoms with E-state index in [1.807, 2.05) is 12.4 Å². The monoisotopic (exact) mass is 217 g/mol. The highest BCUT2D eigenvalue weighted by Gasteiger charge is 1.85. The molecule has 80 valence electrons. The van der Waals surface area contributed by atoms with Crippen LogP contribution in [0.2, 0.25) is 0 Å². The number of aryl methyl sites for hydroxylation is 1. The van der Waals surface area contributed by atoms with Crippen molar-refractivity contribution < 1.29 is 13.0 Å². The summed E-state index contributed by atoms with van der Waals surface area (Å²) in [5, 5.41) is 0. The Hall–Kier alpha value is -0.940. The summed E-state index contributed by atoms with van der Waals surface area (Å²) in [6.07, 6.45) is 6.77. The maximum atomic E-state index is 9.19. The maximum absolute atomic E-state index is 9.19. The molecule has 1 aromatic rings. The number of aromatic nitrogens is 1. The minimum atomic E-state index is -3.67. The highest BCUT2D eigenvalue weighted by Crippen LogP contribution is 1.98. The number of pyridine rings is 1. The SMILES string of the molecule is CCCc1ccncc1.CS(=O)(=O)O. The summed E-state index contributed by atoms with van der Waals surface area (Å²) >= 11 is 0. The first-order valence-corrected chi connectivity index (χ1v) is 6.09. The average Bonchev–Trinajstić information content (AvgIpc) is 2.03. The lowest BCUT2D eigenvalue weighted by molar-refractivity contribution is 0.490. The Morgan fingerprint density at radius 2 is 1.79 bits per heavy atom. The van der Waals surface area contributed by atoms with Gasteiger partial charge >= 0.3 is 0 Å². The number of rotatable bonds is 2. The summed E-state index contributed by atoms with van der Waals surface area (Å²) in [7, 11) is -3.67. The molecular formula is C9H15NO3S. The Kier molecular flexibility index (Phi) is 6.07. The van der Waals surface area contributed by atoms with Gasteiger partial charge in [0.2, 0.25) is 0 Å². The Bertz CT molecular complexity index is 326. The average molecular weight is 217 g/mol. The first-order valence-electron chi connectivity index (χ1n) is 4.25. The first-order chi connectivity index (χ1) is 6.43. The zero-order valence-corrected chi connectivity index (χ0v) is 9.16. The molecule has 1 rings (SSSR count). The van der Waals surface area contributed by atoms with Crippen LogP contribution >= 0.6 is 0 Å². The van der Waals surface area contributed by atoms with Crippen LogP contribution in [0.15, 0.2) is 24.5 Å². The summed E-state index contributed by atoms with van der Waals surface area (Å²) in [5.41, 5.74) is 1.38. The third kappa shape index (κ3) is 11.1. The highest BCUT2D eigenvalue weighted by molar-refractivity contribution is 7.85. The van der Waals surface area contributed by atoms with E-state index in [1.54, 1.807) is 0 Å². The molecule has 14 heavy (non-hydrogen) atoms. The van der Waals surface area contributed by atoms with Crippen molar-refractivity contribution in [1.82, 2.24) is 4.98 Å². The summed E-state index contributed by atoms with van der Waals surface area (Å²) in [4.78, 5) is 3.93. The van der Waals surface area contributed by atoms with Crippen molar-refractivity contribution in [2.45, 2.75) is 19.8 Å². The van der Waals surface area contributed by atoms with Crippen LogP contribution in [0.5, 0.6) is 0 Å². The van der Waals surface area contributed by atoms with Crippen molar-refractivity contribution in [3.05, 3.63) is 30.1 Å². The van der Waals surface area contributed by atoms with Crippen LogP contribution in [0.4, 0.5) is 0 Å². The fraction of sp³-hybridized carbons (Fsp3) is 0.444. The maximum Gasteiger partial charge on any atom is 0.261 e. The molecule has 0 spiro atoms. The predicted octanol–water partition coefficient (Wildman–Crippen LogP) is 1.54. The first kappa shape index (κ1) is 13.1. The molecule has 0 aliphatic rings. The molecule has 0 unspecified atom stereocenters. The molecule has 1 heterocycles. The van der Waals surface area contributed by atoms with Crippen molar-refractivity contribution in [2.24, 2.45) is 0 Å². The van der Waals surface area contributed by atoms with Gasteiger partial charge in [-0.1, -0.05) is 13.3 Å². The molecule has 0 atom stereocenters. The van der Waals surface area contributed by atoms with E-state index in [1.165, 1.54) is 18.4 Å². The van der Waals surface area contributed by atoms with E-state index < -0.39 is 10.1 Å². The molecule has 0 bridgehead atoms. The largest absolute Gasteiger partial charge is 0.286 e. The Morgan fingerprint density at radius 3 is 2.14 bits per heavy atom. The molecule has 0 saturated carbocycles. The summed E-state index contributed by atoms with van der Waals surface area (Å²) in [6.45, 7) is 2.18. The zero-order valence-electron chi connectivity index (χ0n) is 8.34. The Balaban J connectivity index is 0.000000292. The zero-order chi connectivity index (χ0) is 11.0. The van der Waals surface area contributed by atoms with Crippen LogP contribution in [0.25, 0.3) is 0 Å². The molecule has 1 aromatic heterocycles. The second-order valence-electron chi connectivity index (χ2n) is 2.84. The quantitative estimate of drug-likeness (QED) is 0.763. The fourth-order valence-corrected chi connectivity index (χ4v) is 0.838. The van der Waals surface area contributed by atoms with Crippen molar-refractivity contribution in [3.8, 4) is 0 Å². The van der Waals surface area contributed by atoms with Crippen molar-refractivity contribution in [3.63, 3.8) is 0 Å². The molecule has 1 N–H and O–H groups in total. The van der Waals surface area contributed by atoms with Gasteiger partial charge in [-0.15, -0.1) is 0 Å². The van der Waals surface area contributed by atoms with Gasteiger partial charge in [0.15, 0.2) is 0 Å². The summed E-state index contributed by atoms with van der Waals surface area (Å²) in [6, 6.07) is 4.12. The lowest BCUT2D eigenvalue weighted by Gasteiger charge is -1.93. The molecule has 0 amide bonds. The smallest absolute Gasteiger partial charge is 0.261 e.